The minimum atomic E-state index is -0.243. The first-order chi connectivity index (χ1) is 15.0. The van der Waals surface area contributed by atoms with Gasteiger partial charge < -0.3 is 14.6 Å². The average Bonchev–Trinajstić information content (AvgIpc) is 3.10. The molecule has 1 amide bonds. The van der Waals surface area contributed by atoms with Gasteiger partial charge in [-0.15, -0.1) is 0 Å². The summed E-state index contributed by atoms with van der Waals surface area (Å²) in [5, 5.41) is 0.419. The Morgan fingerprint density at radius 1 is 1.35 bits per heavy atom. The van der Waals surface area contributed by atoms with Gasteiger partial charge in [-0.3, -0.25) is 14.2 Å². The second kappa shape index (κ2) is 9.54. The molecule has 1 saturated heterocycles. The van der Waals surface area contributed by atoms with Crippen molar-refractivity contribution in [2.45, 2.75) is 44.3 Å². The molecule has 1 aromatic carbocycles. The number of likely N-dealkylation sites (tertiary alicyclic amines) is 1. The lowest BCUT2D eigenvalue weighted by atomic mass is 10.0. The van der Waals surface area contributed by atoms with Crippen LogP contribution in [0.2, 0.25) is 0 Å². The third-order valence-electron chi connectivity index (χ3n) is 5.28. The summed E-state index contributed by atoms with van der Waals surface area (Å²) in [5.74, 6) is 1.09. The van der Waals surface area contributed by atoms with Gasteiger partial charge in [-0.25, -0.2) is 4.98 Å². The van der Waals surface area contributed by atoms with Crippen molar-refractivity contribution in [3.05, 3.63) is 38.6 Å². The second-order valence-corrected chi connectivity index (χ2v) is 9.98. The van der Waals surface area contributed by atoms with Crippen LogP contribution in [0.15, 0.2) is 34.2 Å². The minimum Gasteiger partial charge on any atom is -0.494 e. The highest BCUT2D eigenvalue weighted by molar-refractivity contribution is 7.99. The number of benzene rings is 1. The van der Waals surface area contributed by atoms with Crippen LogP contribution in [0.5, 0.6) is 5.75 Å². The topological polar surface area (TPSA) is 80.2 Å². The monoisotopic (exact) mass is 476 g/mol. The molecule has 1 aliphatic heterocycles. The normalized spacial score (nSPS) is 16.6. The van der Waals surface area contributed by atoms with Crippen molar-refractivity contribution in [3.8, 4) is 11.4 Å². The molecule has 3 aromatic rings. The van der Waals surface area contributed by atoms with Crippen LogP contribution >= 0.6 is 35.3 Å². The van der Waals surface area contributed by atoms with Gasteiger partial charge in [0.25, 0.3) is 5.56 Å². The fourth-order valence-electron chi connectivity index (χ4n) is 3.73. The van der Waals surface area contributed by atoms with E-state index in [1.807, 2.05) is 36.1 Å². The molecule has 1 fully saturated rings. The van der Waals surface area contributed by atoms with Crippen molar-refractivity contribution in [1.29, 1.82) is 0 Å². The molecule has 0 unspecified atom stereocenters. The largest absolute Gasteiger partial charge is 0.494 e. The molecule has 1 aliphatic rings. The first kappa shape index (κ1) is 22.0. The van der Waals surface area contributed by atoms with Gasteiger partial charge in [0.05, 0.1) is 12.4 Å². The van der Waals surface area contributed by atoms with E-state index < -0.39 is 0 Å². The first-order valence-corrected chi connectivity index (χ1v) is 12.5. The van der Waals surface area contributed by atoms with Crippen LogP contribution in [0.25, 0.3) is 16.0 Å². The number of amides is 1. The molecular weight excluding hydrogens is 452 g/mol. The number of piperidine rings is 1. The number of nitrogens with zero attached hydrogens (tertiary/aromatic N) is 3. The number of hydrogen-bond donors (Lipinski definition) is 1. The summed E-state index contributed by atoms with van der Waals surface area (Å²) < 4.78 is 8.30. The third kappa shape index (κ3) is 4.70. The van der Waals surface area contributed by atoms with E-state index in [2.05, 4.69) is 16.9 Å². The summed E-state index contributed by atoms with van der Waals surface area (Å²) in [6.45, 7) is 5.41. The quantitative estimate of drug-likeness (QED) is 0.323. The molecule has 7 nitrogen and oxygen atoms in total. The molecule has 4 rings (SSSR count). The molecule has 31 heavy (non-hydrogen) atoms. The van der Waals surface area contributed by atoms with Gasteiger partial charge in [0, 0.05) is 18.3 Å². The van der Waals surface area contributed by atoms with E-state index in [0.717, 1.165) is 37.2 Å². The Labute approximate surface area is 193 Å². The van der Waals surface area contributed by atoms with Crippen LogP contribution in [-0.2, 0) is 4.79 Å². The Morgan fingerprint density at radius 3 is 2.84 bits per heavy atom. The van der Waals surface area contributed by atoms with Crippen molar-refractivity contribution >= 4 is 51.6 Å². The summed E-state index contributed by atoms with van der Waals surface area (Å²) in [7, 11) is 0. The van der Waals surface area contributed by atoms with Gasteiger partial charge in [-0.1, -0.05) is 23.1 Å². The van der Waals surface area contributed by atoms with Crippen molar-refractivity contribution in [2.75, 3.05) is 18.9 Å². The molecule has 0 saturated carbocycles. The summed E-state index contributed by atoms with van der Waals surface area (Å²) in [6, 6.07) is 7.78. The Hall–Kier alpha value is -2.17. The zero-order chi connectivity index (χ0) is 22.0. The molecule has 3 heterocycles. The molecule has 0 bridgehead atoms. The molecule has 164 valence electrons. The smallest absolute Gasteiger partial charge is 0.271 e. The minimum absolute atomic E-state index is 0.0774. The van der Waals surface area contributed by atoms with Crippen molar-refractivity contribution in [3.63, 3.8) is 0 Å². The van der Waals surface area contributed by atoms with Gasteiger partial charge >= 0.3 is 0 Å². The summed E-state index contributed by atoms with van der Waals surface area (Å²) >= 11 is 8.00. The van der Waals surface area contributed by atoms with Crippen LogP contribution in [-0.4, -0.2) is 50.3 Å². The highest BCUT2D eigenvalue weighted by Crippen LogP contribution is 2.26. The van der Waals surface area contributed by atoms with Gasteiger partial charge in [0.15, 0.2) is 14.8 Å². The SMILES string of the molecule is CCOc1ccc(-n2c(=S)sc3c(=O)[nH]c(SCC(=O)N4CCCC[C@H]4C)nc32)cc1. The zero-order valence-electron chi connectivity index (χ0n) is 17.4. The molecule has 1 atom stereocenters. The van der Waals surface area contributed by atoms with E-state index in [-0.39, 0.29) is 23.3 Å². The number of aromatic nitrogens is 3. The number of rotatable bonds is 6. The van der Waals surface area contributed by atoms with Crippen LogP contribution in [0.3, 0.4) is 0 Å². The van der Waals surface area contributed by atoms with Crippen molar-refractivity contribution < 1.29 is 9.53 Å². The predicted molar refractivity (Wildman–Crippen MR) is 127 cm³/mol. The van der Waals surface area contributed by atoms with E-state index >= 15 is 0 Å². The molecule has 0 aliphatic carbocycles. The molecule has 0 spiro atoms. The maximum absolute atomic E-state index is 12.7. The fraction of sp³-hybridized carbons (Fsp3) is 0.429. The van der Waals surface area contributed by atoms with Gasteiger partial charge in [-0.2, -0.15) is 0 Å². The number of H-pyrrole nitrogens is 1. The maximum atomic E-state index is 12.7. The van der Waals surface area contributed by atoms with E-state index in [9.17, 15) is 9.59 Å². The van der Waals surface area contributed by atoms with Gasteiger partial charge in [0.2, 0.25) is 5.91 Å². The van der Waals surface area contributed by atoms with Crippen molar-refractivity contribution in [1.82, 2.24) is 19.4 Å². The van der Waals surface area contributed by atoms with Crippen molar-refractivity contribution in [2.24, 2.45) is 0 Å². The number of fused-ring (bicyclic) bond motifs is 1. The standard InChI is InChI=1S/C21H24N4O3S3/c1-3-28-15-9-7-14(8-10-15)25-18-17(31-21(25)29)19(27)23-20(22-18)30-12-16(26)24-11-5-4-6-13(24)2/h7-10,13H,3-6,11-12H2,1-2H3,(H,22,23,27)/t13-/m1/s1. The van der Waals surface area contributed by atoms with E-state index in [1.54, 1.807) is 4.57 Å². The molecular formula is C21H24N4O3S3. The maximum Gasteiger partial charge on any atom is 0.271 e. The average molecular weight is 477 g/mol. The van der Waals surface area contributed by atoms with Crippen LogP contribution in [0.4, 0.5) is 0 Å². The lowest BCUT2D eigenvalue weighted by Crippen LogP contribution is -2.43. The Bertz CT molecular complexity index is 1200. The Kier molecular flexibility index (Phi) is 6.78. The number of ether oxygens (including phenoxy) is 1. The first-order valence-electron chi connectivity index (χ1n) is 10.3. The zero-order valence-corrected chi connectivity index (χ0v) is 19.9. The lowest BCUT2D eigenvalue weighted by Gasteiger charge is -2.33. The number of thioether (sulfide) groups is 1. The fourth-order valence-corrected chi connectivity index (χ4v) is 5.74. The number of nitrogens with one attached hydrogen (secondary N) is 1. The summed E-state index contributed by atoms with van der Waals surface area (Å²) in [4.78, 5) is 34.7. The highest BCUT2D eigenvalue weighted by atomic mass is 32.2. The third-order valence-corrected chi connectivity index (χ3v) is 7.50. The number of carbonyl (C=O) groups is 1. The molecule has 1 N–H and O–H groups in total. The lowest BCUT2D eigenvalue weighted by molar-refractivity contribution is -0.131. The van der Waals surface area contributed by atoms with Gasteiger partial charge in [0.1, 0.15) is 10.4 Å². The van der Waals surface area contributed by atoms with E-state index in [0.29, 0.717) is 26.1 Å². The number of hydrogen-bond acceptors (Lipinski definition) is 7. The second-order valence-electron chi connectivity index (χ2n) is 7.37. The van der Waals surface area contributed by atoms with Crippen LogP contribution in [0, 0.1) is 3.95 Å². The molecule has 2 aromatic heterocycles. The van der Waals surface area contributed by atoms with Crippen LogP contribution < -0.4 is 10.3 Å². The Morgan fingerprint density at radius 2 is 2.13 bits per heavy atom. The molecule has 10 heteroatoms. The molecule has 0 radical (unpaired) electrons. The van der Waals surface area contributed by atoms with E-state index in [1.165, 1.54) is 23.1 Å². The van der Waals surface area contributed by atoms with E-state index in [4.69, 9.17) is 17.0 Å². The van der Waals surface area contributed by atoms with Crippen LogP contribution in [0.1, 0.15) is 33.1 Å². The summed E-state index contributed by atoms with van der Waals surface area (Å²) in [5.41, 5.74) is 1.07. The Balaban J connectivity index is 1.61. The predicted octanol–water partition coefficient (Wildman–Crippen LogP) is 4.40. The number of aromatic amines is 1. The highest BCUT2D eigenvalue weighted by Gasteiger charge is 2.23. The summed E-state index contributed by atoms with van der Waals surface area (Å²) in [6.07, 6.45) is 3.24. The van der Waals surface area contributed by atoms with Gasteiger partial charge in [-0.05, 0) is 69.6 Å². The number of carbonyl (C=O) groups excluding carboxylic acids is 1. The number of thiazole rings is 1.